The number of nitrogens with one attached hydrogen (secondary N) is 1. The normalized spacial score (nSPS) is 16.2. The lowest BCUT2D eigenvalue weighted by Crippen LogP contribution is -2.48. The summed E-state index contributed by atoms with van der Waals surface area (Å²) in [6.45, 7) is 7.81. The summed E-state index contributed by atoms with van der Waals surface area (Å²) in [4.78, 5) is 13.2. The Morgan fingerprint density at radius 2 is 1.49 bits per heavy atom. The smallest absolute Gasteiger partial charge is 0.277 e. The molecule has 0 radical (unpaired) electrons. The molecule has 1 amide bonds. The zero-order valence-electron chi connectivity index (χ0n) is 25.9. The number of ether oxygens (including phenoxy) is 1. The summed E-state index contributed by atoms with van der Waals surface area (Å²) >= 11 is 0. The number of piperidine rings is 1. The molecule has 4 aromatic carbocycles. The summed E-state index contributed by atoms with van der Waals surface area (Å²) < 4.78 is 62.7. The Morgan fingerprint density at radius 1 is 0.800 bits per heavy atom. The Bertz CT molecular complexity index is 1920. The third kappa shape index (κ3) is 7.30. The first-order valence-electron chi connectivity index (χ1n) is 14.9. The monoisotopic (exact) mass is 646 g/mol. The molecule has 4 aromatic rings. The summed E-state index contributed by atoms with van der Waals surface area (Å²) in [5.74, 6) is -0.518. The molecule has 8 nitrogen and oxygen atoms in total. The number of amides is 1. The standard InChI is InChI=1S/C35H38N2O6S2/c1-25-18-19-29(21-26(25)2)28-12-9-17-33(23-28)45(41,42)37-20-10-13-30(24-37)27-11-8-14-31(22-27)43-35(3,4)34(38)36-44(39,40)32-15-6-5-7-16-32/h5-9,11-12,14-19,21-23,30H,10,13,20,24H2,1-4H3,(H,36,38). The third-order valence-corrected chi connectivity index (χ3v) is 11.4. The summed E-state index contributed by atoms with van der Waals surface area (Å²) in [5, 5.41) is 0. The van der Waals surface area contributed by atoms with E-state index in [1.165, 1.54) is 31.5 Å². The highest BCUT2D eigenvalue weighted by Gasteiger charge is 2.35. The Kier molecular flexibility index (Phi) is 9.21. The average molecular weight is 647 g/mol. The molecular weight excluding hydrogens is 609 g/mol. The van der Waals surface area contributed by atoms with Crippen molar-refractivity contribution in [3.05, 3.63) is 114 Å². The van der Waals surface area contributed by atoms with Crippen LogP contribution in [0.5, 0.6) is 5.75 Å². The Labute approximate surface area is 266 Å². The van der Waals surface area contributed by atoms with Crippen LogP contribution in [0.3, 0.4) is 0 Å². The summed E-state index contributed by atoms with van der Waals surface area (Å²) in [5.41, 5.74) is 3.51. The maximum atomic E-state index is 13.8. The van der Waals surface area contributed by atoms with Crippen molar-refractivity contribution in [2.45, 2.75) is 61.8 Å². The van der Waals surface area contributed by atoms with E-state index in [2.05, 4.69) is 10.8 Å². The number of hydrogen-bond acceptors (Lipinski definition) is 6. The average Bonchev–Trinajstić information content (AvgIpc) is 3.02. The molecule has 0 saturated carbocycles. The van der Waals surface area contributed by atoms with Crippen molar-refractivity contribution in [3.63, 3.8) is 0 Å². The number of nitrogens with zero attached hydrogens (tertiary/aromatic N) is 1. The van der Waals surface area contributed by atoms with Crippen LogP contribution in [0.25, 0.3) is 11.1 Å². The SMILES string of the molecule is Cc1ccc(-c2cccc(S(=O)(=O)N3CCCC(c4cccc(OC(C)(C)C(=O)NS(=O)(=O)c5ccccc5)c4)C3)c2)cc1C. The van der Waals surface area contributed by atoms with E-state index in [1.54, 1.807) is 58.9 Å². The van der Waals surface area contributed by atoms with Gasteiger partial charge in [0.25, 0.3) is 15.9 Å². The van der Waals surface area contributed by atoms with Crippen LogP contribution in [-0.4, -0.2) is 45.7 Å². The fourth-order valence-corrected chi connectivity index (χ4v) is 8.11. The lowest BCUT2D eigenvalue weighted by atomic mass is 9.91. The lowest BCUT2D eigenvalue weighted by molar-refractivity contribution is -0.132. The minimum atomic E-state index is -4.07. The van der Waals surface area contributed by atoms with E-state index in [-0.39, 0.29) is 15.7 Å². The molecule has 1 unspecified atom stereocenters. The van der Waals surface area contributed by atoms with E-state index in [0.29, 0.717) is 25.3 Å². The molecule has 0 aromatic heterocycles. The molecule has 10 heteroatoms. The van der Waals surface area contributed by atoms with Crippen molar-refractivity contribution >= 4 is 26.0 Å². The lowest BCUT2D eigenvalue weighted by Gasteiger charge is -2.32. The van der Waals surface area contributed by atoms with Gasteiger partial charge in [0.15, 0.2) is 5.60 Å². The van der Waals surface area contributed by atoms with Crippen LogP contribution in [0.15, 0.2) is 107 Å². The van der Waals surface area contributed by atoms with Crippen molar-refractivity contribution in [2.75, 3.05) is 13.1 Å². The van der Waals surface area contributed by atoms with Crippen LogP contribution in [-0.2, 0) is 24.8 Å². The van der Waals surface area contributed by atoms with Gasteiger partial charge in [-0.1, -0.05) is 60.7 Å². The van der Waals surface area contributed by atoms with Gasteiger partial charge >= 0.3 is 0 Å². The largest absolute Gasteiger partial charge is 0.478 e. The van der Waals surface area contributed by atoms with Gasteiger partial charge in [-0.2, -0.15) is 4.31 Å². The van der Waals surface area contributed by atoms with Crippen molar-refractivity contribution in [3.8, 4) is 16.9 Å². The van der Waals surface area contributed by atoms with Gasteiger partial charge in [-0.05, 0) is 111 Å². The number of sulfonamides is 2. The van der Waals surface area contributed by atoms with Gasteiger partial charge in [0, 0.05) is 13.1 Å². The van der Waals surface area contributed by atoms with Crippen LogP contribution in [0.1, 0.15) is 49.3 Å². The van der Waals surface area contributed by atoms with Gasteiger partial charge in [-0.3, -0.25) is 4.79 Å². The molecule has 45 heavy (non-hydrogen) atoms. The summed E-state index contributed by atoms with van der Waals surface area (Å²) in [6.07, 6.45) is 1.48. The van der Waals surface area contributed by atoms with E-state index in [0.717, 1.165) is 28.7 Å². The number of aryl methyl sites for hydroxylation is 2. The molecule has 0 spiro atoms. The number of hydrogen-bond donors (Lipinski definition) is 1. The minimum absolute atomic E-state index is 0.0232. The third-order valence-electron chi connectivity index (χ3n) is 8.23. The molecule has 5 rings (SSSR count). The van der Waals surface area contributed by atoms with E-state index in [1.807, 2.05) is 38.1 Å². The predicted octanol–water partition coefficient (Wildman–Crippen LogP) is 6.20. The molecule has 1 heterocycles. The van der Waals surface area contributed by atoms with Crippen molar-refractivity contribution < 1.29 is 26.4 Å². The molecule has 0 bridgehead atoms. The number of carbonyl (C=O) groups is 1. The minimum Gasteiger partial charge on any atom is -0.478 e. The van der Waals surface area contributed by atoms with Crippen LogP contribution in [0, 0.1) is 13.8 Å². The van der Waals surface area contributed by atoms with Crippen molar-refractivity contribution in [1.29, 1.82) is 0 Å². The van der Waals surface area contributed by atoms with Gasteiger partial charge in [-0.25, -0.2) is 21.6 Å². The molecule has 236 valence electrons. The molecule has 1 atom stereocenters. The van der Waals surface area contributed by atoms with Gasteiger partial charge in [0.1, 0.15) is 5.75 Å². The van der Waals surface area contributed by atoms with Gasteiger partial charge in [-0.15, -0.1) is 0 Å². The van der Waals surface area contributed by atoms with Gasteiger partial charge in [0.05, 0.1) is 9.79 Å². The van der Waals surface area contributed by atoms with E-state index in [9.17, 15) is 21.6 Å². The first-order chi connectivity index (χ1) is 21.3. The van der Waals surface area contributed by atoms with Crippen molar-refractivity contribution in [1.82, 2.24) is 9.03 Å². The fourth-order valence-electron chi connectivity index (χ4n) is 5.42. The Hall–Kier alpha value is -3.99. The summed E-state index contributed by atoms with van der Waals surface area (Å²) in [7, 11) is -7.82. The van der Waals surface area contributed by atoms with E-state index in [4.69, 9.17) is 4.74 Å². The zero-order valence-corrected chi connectivity index (χ0v) is 27.5. The Morgan fingerprint density at radius 3 is 2.22 bits per heavy atom. The molecule has 1 aliphatic heterocycles. The second-order valence-corrected chi connectivity index (χ2v) is 15.6. The highest BCUT2D eigenvalue weighted by molar-refractivity contribution is 7.90. The summed E-state index contributed by atoms with van der Waals surface area (Å²) in [6, 6.07) is 28.0. The molecule has 1 saturated heterocycles. The first kappa shape index (κ1) is 32.4. The number of rotatable bonds is 9. The number of benzene rings is 4. The fraction of sp³-hybridized carbons (Fsp3) is 0.286. The maximum absolute atomic E-state index is 13.8. The molecule has 0 aliphatic carbocycles. The quantitative estimate of drug-likeness (QED) is 0.232. The number of carbonyl (C=O) groups excluding carboxylic acids is 1. The van der Waals surface area contributed by atoms with E-state index < -0.39 is 31.6 Å². The van der Waals surface area contributed by atoms with E-state index >= 15 is 0 Å². The topological polar surface area (TPSA) is 110 Å². The van der Waals surface area contributed by atoms with Crippen LogP contribution in [0.4, 0.5) is 0 Å². The molecule has 1 aliphatic rings. The van der Waals surface area contributed by atoms with Crippen molar-refractivity contribution in [2.24, 2.45) is 0 Å². The van der Waals surface area contributed by atoms with Crippen LogP contribution < -0.4 is 9.46 Å². The highest BCUT2D eigenvalue weighted by Crippen LogP contribution is 2.34. The Balaban J connectivity index is 1.30. The van der Waals surface area contributed by atoms with Crippen LogP contribution in [0.2, 0.25) is 0 Å². The van der Waals surface area contributed by atoms with Gasteiger partial charge < -0.3 is 4.74 Å². The molecule has 1 N–H and O–H groups in total. The van der Waals surface area contributed by atoms with Crippen LogP contribution >= 0.6 is 0 Å². The maximum Gasteiger partial charge on any atom is 0.277 e. The van der Waals surface area contributed by atoms with Gasteiger partial charge in [0.2, 0.25) is 10.0 Å². The first-order valence-corrected chi connectivity index (χ1v) is 17.8. The highest BCUT2D eigenvalue weighted by atomic mass is 32.2. The molecular formula is C35H38N2O6S2. The predicted molar refractivity (Wildman–Crippen MR) is 175 cm³/mol. The second-order valence-electron chi connectivity index (χ2n) is 12.0. The molecule has 1 fully saturated rings. The zero-order chi connectivity index (χ0) is 32.4. The second kappa shape index (κ2) is 12.8.